The standard InChI is InChI=1S/C13H17N3O2/c1-8-15-10-5-3-9(7-12(10)16-8)4-6-11(14-2)13(17)18/h3,5,7,11,14H,4,6H2,1-2H3,(H,15,16)(H,17,18). The van der Waals surface area contributed by atoms with Gasteiger partial charge in [-0.3, -0.25) is 4.79 Å². The van der Waals surface area contributed by atoms with Crippen LogP contribution in [0.25, 0.3) is 11.0 Å². The minimum Gasteiger partial charge on any atom is -0.480 e. The van der Waals surface area contributed by atoms with Crippen molar-refractivity contribution in [2.24, 2.45) is 0 Å². The highest BCUT2D eigenvalue weighted by Gasteiger charge is 2.14. The zero-order valence-electron chi connectivity index (χ0n) is 10.5. The van der Waals surface area contributed by atoms with Gasteiger partial charge in [0.25, 0.3) is 0 Å². The first-order chi connectivity index (χ1) is 8.60. The number of aromatic amines is 1. The van der Waals surface area contributed by atoms with Crippen molar-refractivity contribution in [2.45, 2.75) is 25.8 Å². The van der Waals surface area contributed by atoms with Crippen LogP contribution in [0.15, 0.2) is 18.2 Å². The predicted octanol–water partition coefficient (Wildman–Crippen LogP) is 1.48. The number of carboxylic acid groups (broad SMARTS) is 1. The highest BCUT2D eigenvalue weighted by atomic mass is 16.4. The first kappa shape index (κ1) is 12.6. The molecule has 96 valence electrons. The summed E-state index contributed by atoms with van der Waals surface area (Å²) in [7, 11) is 1.67. The van der Waals surface area contributed by atoms with E-state index in [1.807, 2.05) is 25.1 Å². The topological polar surface area (TPSA) is 78.0 Å². The minimum atomic E-state index is -0.809. The number of hydrogen-bond acceptors (Lipinski definition) is 3. The molecule has 0 amide bonds. The number of benzene rings is 1. The zero-order chi connectivity index (χ0) is 13.1. The van der Waals surface area contributed by atoms with Crippen molar-refractivity contribution in [3.63, 3.8) is 0 Å². The fourth-order valence-corrected chi connectivity index (χ4v) is 2.04. The summed E-state index contributed by atoms with van der Waals surface area (Å²) < 4.78 is 0. The quantitative estimate of drug-likeness (QED) is 0.747. The average molecular weight is 247 g/mol. The summed E-state index contributed by atoms with van der Waals surface area (Å²) in [4.78, 5) is 18.4. The lowest BCUT2D eigenvalue weighted by Crippen LogP contribution is -2.34. The van der Waals surface area contributed by atoms with Gasteiger partial charge in [-0.1, -0.05) is 6.07 Å². The molecule has 0 radical (unpaired) electrons. The summed E-state index contributed by atoms with van der Waals surface area (Å²) in [5.74, 6) is 0.0803. The van der Waals surface area contributed by atoms with Crippen LogP contribution in [0, 0.1) is 6.92 Å². The van der Waals surface area contributed by atoms with E-state index in [0.29, 0.717) is 6.42 Å². The van der Waals surface area contributed by atoms with Crippen LogP contribution in [-0.4, -0.2) is 34.1 Å². The van der Waals surface area contributed by atoms with E-state index in [9.17, 15) is 4.79 Å². The fraction of sp³-hybridized carbons (Fsp3) is 0.385. The molecule has 1 unspecified atom stereocenters. The summed E-state index contributed by atoms with van der Waals surface area (Å²) in [5.41, 5.74) is 3.06. The lowest BCUT2D eigenvalue weighted by atomic mass is 10.0. The Bertz CT molecular complexity index is 562. The van der Waals surface area contributed by atoms with Crippen molar-refractivity contribution in [3.8, 4) is 0 Å². The number of H-pyrrole nitrogens is 1. The van der Waals surface area contributed by atoms with Crippen molar-refractivity contribution in [1.29, 1.82) is 0 Å². The van der Waals surface area contributed by atoms with Crippen LogP contribution in [0.2, 0.25) is 0 Å². The van der Waals surface area contributed by atoms with E-state index in [1.165, 1.54) is 0 Å². The number of carboxylic acids is 1. The van der Waals surface area contributed by atoms with Gasteiger partial charge in [0, 0.05) is 0 Å². The van der Waals surface area contributed by atoms with E-state index in [-0.39, 0.29) is 0 Å². The molecule has 0 saturated heterocycles. The van der Waals surface area contributed by atoms with Gasteiger partial charge >= 0.3 is 5.97 Å². The molecule has 0 fully saturated rings. The zero-order valence-corrected chi connectivity index (χ0v) is 10.5. The molecule has 5 heteroatoms. The Balaban J connectivity index is 2.09. The molecule has 0 aliphatic heterocycles. The molecule has 0 aliphatic carbocycles. The summed E-state index contributed by atoms with van der Waals surface area (Å²) in [5, 5.41) is 11.7. The Morgan fingerprint density at radius 3 is 3.00 bits per heavy atom. The lowest BCUT2D eigenvalue weighted by molar-refractivity contribution is -0.139. The molecular formula is C13H17N3O2. The maximum Gasteiger partial charge on any atom is 0.320 e. The SMILES string of the molecule is CNC(CCc1ccc2nc(C)[nH]c2c1)C(=O)O. The largest absolute Gasteiger partial charge is 0.480 e. The van der Waals surface area contributed by atoms with E-state index in [4.69, 9.17) is 5.11 Å². The highest BCUT2D eigenvalue weighted by molar-refractivity contribution is 5.76. The van der Waals surface area contributed by atoms with Crippen LogP contribution >= 0.6 is 0 Å². The average Bonchev–Trinajstić information content (AvgIpc) is 2.68. The Morgan fingerprint density at radius 1 is 1.56 bits per heavy atom. The molecule has 1 aromatic carbocycles. The number of rotatable bonds is 5. The maximum absolute atomic E-state index is 10.9. The number of nitrogens with one attached hydrogen (secondary N) is 2. The molecule has 5 nitrogen and oxygen atoms in total. The number of aryl methyl sites for hydroxylation is 2. The molecule has 1 atom stereocenters. The molecule has 3 N–H and O–H groups in total. The molecular weight excluding hydrogens is 230 g/mol. The molecule has 0 bridgehead atoms. The second kappa shape index (κ2) is 5.18. The van der Waals surface area contributed by atoms with Crippen molar-refractivity contribution < 1.29 is 9.90 Å². The van der Waals surface area contributed by atoms with Crippen LogP contribution < -0.4 is 5.32 Å². The number of fused-ring (bicyclic) bond motifs is 1. The van der Waals surface area contributed by atoms with Gasteiger partial charge in [-0.25, -0.2) is 4.98 Å². The Kier molecular flexibility index (Phi) is 3.62. The van der Waals surface area contributed by atoms with Gasteiger partial charge in [-0.05, 0) is 44.5 Å². The number of nitrogens with zero attached hydrogens (tertiary/aromatic N) is 1. The van der Waals surface area contributed by atoms with E-state index in [2.05, 4.69) is 15.3 Å². The van der Waals surface area contributed by atoms with Crippen molar-refractivity contribution >= 4 is 17.0 Å². The number of aliphatic carboxylic acids is 1. The molecule has 1 aromatic heterocycles. The van der Waals surface area contributed by atoms with Gasteiger partial charge < -0.3 is 15.4 Å². The minimum absolute atomic E-state index is 0.496. The summed E-state index contributed by atoms with van der Waals surface area (Å²) >= 11 is 0. The van der Waals surface area contributed by atoms with Gasteiger partial charge in [-0.2, -0.15) is 0 Å². The van der Waals surface area contributed by atoms with Crippen molar-refractivity contribution in [1.82, 2.24) is 15.3 Å². The first-order valence-electron chi connectivity index (χ1n) is 5.95. The number of hydrogen-bond donors (Lipinski definition) is 3. The van der Waals surface area contributed by atoms with Gasteiger partial charge in [0.1, 0.15) is 11.9 Å². The van der Waals surface area contributed by atoms with E-state index < -0.39 is 12.0 Å². The highest BCUT2D eigenvalue weighted by Crippen LogP contribution is 2.15. The van der Waals surface area contributed by atoms with Crippen LogP contribution in [0.4, 0.5) is 0 Å². The van der Waals surface area contributed by atoms with Crippen LogP contribution in [-0.2, 0) is 11.2 Å². The van der Waals surface area contributed by atoms with E-state index in [0.717, 1.165) is 28.8 Å². The van der Waals surface area contributed by atoms with Gasteiger partial charge in [-0.15, -0.1) is 0 Å². The molecule has 0 spiro atoms. The Hall–Kier alpha value is -1.88. The van der Waals surface area contributed by atoms with Crippen LogP contribution in [0.3, 0.4) is 0 Å². The number of carbonyl (C=O) groups is 1. The normalized spacial score (nSPS) is 12.8. The van der Waals surface area contributed by atoms with Gasteiger partial charge in [0.2, 0.25) is 0 Å². The Labute approximate surface area is 105 Å². The summed E-state index contributed by atoms with van der Waals surface area (Å²) in [6.07, 6.45) is 1.30. The Morgan fingerprint density at radius 2 is 2.33 bits per heavy atom. The smallest absolute Gasteiger partial charge is 0.320 e. The van der Waals surface area contributed by atoms with Crippen LogP contribution in [0.5, 0.6) is 0 Å². The number of likely N-dealkylation sites (N-methyl/N-ethyl adjacent to an activating group) is 1. The molecule has 0 aliphatic rings. The fourth-order valence-electron chi connectivity index (χ4n) is 2.04. The summed E-state index contributed by atoms with van der Waals surface area (Å²) in [6, 6.07) is 5.49. The monoisotopic (exact) mass is 247 g/mol. The predicted molar refractivity (Wildman–Crippen MR) is 69.6 cm³/mol. The van der Waals surface area contributed by atoms with Gasteiger partial charge in [0.05, 0.1) is 11.0 Å². The second-order valence-electron chi connectivity index (χ2n) is 4.39. The van der Waals surface area contributed by atoms with Crippen molar-refractivity contribution in [3.05, 3.63) is 29.6 Å². The number of imidazole rings is 1. The van der Waals surface area contributed by atoms with Gasteiger partial charge in [0.15, 0.2) is 0 Å². The molecule has 0 saturated carbocycles. The first-order valence-corrected chi connectivity index (χ1v) is 5.95. The third-order valence-corrected chi connectivity index (χ3v) is 3.03. The molecule has 1 heterocycles. The lowest BCUT2D eigenvalue weighted by Gasteiger charge is -2.10. The summed E-state index contributed by atoms with van der Waals surface area (Å²) in [6.45, 7) is 1.92. The van der Waals surface area contributed by atoms with Crippen molar-refractivity contribution in [2.75, 3.05) is 7.05 Å². The molecule has 2 aromatic rings. The molecule has 18 heavy (non-hydrogen) atoms. The van der Waals surface area contributed by atoms with Crippen LogP contribution in [0.1, 0.15) is 17.8 Å². The maximum atomic E-state index is 10.9. The second-order valence-corrected chi connectivity index (χ2v) is 4.39. The van der Waals surface area contributed by atoms with E-state index in [1.54, 1.807) is 7.05 Å². The van der Waals surface area contributed by atoms with E-state index >= 15 is 0 Å². The molecule has 2 rings (SSSR count). The third-order valence-electron chi connectivity index (χ3n) is 3.03. The number of aromatic nitrogens is 2. The third kappa shape index (κ3) is 2.68.